The maximum atomic E-state index is 5.74. The molecule has 0 aliphatic carbocycles. The van der Waals surface area contributed by atoms with Crippen LogP contribution in [0.2, 0.25) is 0 Å². The van der Waals surface area contributed by atoms with Crippen molar-refractivity contribution in [2.45, 2.75) is 39.3 Å². The largest absolute Gasteiger partial charge is 0.497 e. The van der Waals surface area contributed by atoms with Gasteiger partial charge >= 0.3 is 0 Å². The van der Waals surface area contributed by atoms with E-state index in [0.29, 0.717) is 19.8 Å². The van der Waals surface area contributed by atoms with E-state index in [4.69, 9.17) is 14.2 Å². The molecule has 1 aromatic rings. The molecule has 0 radical (unpaired) electrons. The second-order valence-corrected chi connectivity index (χ2v) is 5.92. The monoisotopic (exact) mass is 295 g/mol. The summed E-state index contributed by atoms with van der Waals surface area (Å²) in [6, 6.07) is 8.25. The van der Waals surface area contributed by atoms with Gasteiger partial charge in [0.25, 0.3) is 0 Å². The van der Waals surface area contributed by atoms with Gasteiger partial charge < -0.3 is 19.5 Å². The van der Waals surface area contributed by atoms with Gasteiger partial charge in [0.1, 0.15) is 5.75 Å². The summed E-state index contributed by atoms with van der Waals surface area (Å²) in [6.45, 7) is 11.0. The highest BCUT2D eigenvalue weighted by molar-refractivity contribution is 5.30. The lowest BCUT2D eigenvalue weighted by Crippen LogP contribution is -2.27. The van der Waals surface area contributed by atoms with Gasteiger partial charge in [0, 0.05) is 0 Å². The van der Waals surface area contributed by atoms with Gasteiger partial charge in [-0.25, -0.2) is 0 Å². The van der Waals surface area contributed by atoms with E-state index in [2.05, 4.69) is 18.3 Å². The lowest BCUT2D eigenvalue weighted by atomic mass is 10.1. The third-order valence-electron chi connectivity index (χ3n) is 2.99. The van der Waals surface area contributed by atoms with Gasteiger partial charge in [-0.05, 0) is 45.0 Å². The number of rotatable bonds is 9. The van der Waals surface area contributed by atoms with Gasteiger partial charge in [-0.1, -0.05) is 19.1 Å². The number of methoxy groups -OCH3 is 1. The normalized spacial score (nSPS) is 13.2. The van der Waals surface area contributed by atoms with Crippen LogP contribution in [0.5, 0.6) is 5.75 Å². The van der Waals surface area contributed by atoms with Gasteiger partial charge in [-0.2, -0.15) is 0 Å². The minimum absolute atomic E-state index is 0.114. The summed E-state index contributed by atoms with van der Waals surface area (Å²) in [6.07, 6.45) is 0. The Hall–Kier alpha value is -1.10. The molecule has 0 heterocycles. The molecule has 0 bridgehead atoms. The van der Waals surface area contributed by atoms with Crippen molar-refractivity contribution in [3.8, 4) is 5.75 Å². The molecule has 0 aliphatic rings. The van der Waals surface area contributed by atoms with Crippen molar-refractivity contribution in [2.24, 2.45) is 0 Å². The predicted molar refractivity (Wildman–Crippen MR) is 85.9 cm³/mol. The van der Waals surface area contributed by atoms with E-state index in [1.54, 1.807) is 7.11 Å². The molecule has 0 amide bonds. The van der Waals surface area contributed by atoms with Crippen LogP contribution in [0.3, 0.4) is 0 Å². The van der Waals surface area contributed by atoms with Crippen LogP contribution in [0.1, 0.15) is 39.3 Å². The summed E-state index contributed by atoms with van der Waals surface area (Å²) in [7, 11) is 1.68. The fraction of sp³-hybridized carbons (Fsp3) is 0.647. The lowest BCUT2D eigenvalue weighted by Gasteiger charge is -2.21. The van der Waals surface area contributed by atoms with Crippen molar-refractivity contribution >= 4 is 0 Å². The summed E-state index contributed by atoms with van der Waals surface area (Å²) in [4.78, 5) is 0. The van der Waals surface area contributed by atoms with Crippen LogP contribution < -0.4 is 10.1 Å². The Morgan fingerprint density at radius 1 is 1.19 bits per heavy atom. The topological polar surface area (TPSA) is 39.7 Å². The molecule has 1 N–H and O–H groups in total. The lowest BCUT2D eigenvalue weighted by molar-refractivity contribution is -0.0373. The Balaban J connectivity index is 2.46. The number of benzene rings is 1. The SMILES string of the molecule is CCNC(COCCOC(C)(C)C)c1cccc(OC)c1. The molecule has 4 nitrogen and oxygen atoms in total. The van der Waals surface area contributed by atoms with Crippen LogP contribution in [0.15, 0.2) is 24.3 Å². The summed E-state index contributed by atoms with van der Waals surface area (Å²) >= 11 is 0. The molecular formula is C17H29NO3. The molecular weight excluding hydrogens is 266 g/mol. The molecule has 0 spiro atoms. The molecule has 0 saturated carbocycles. The van der Waals surface area contributed by atoms with Crippen molar-refractivity contribution in [1.29, 1.82) is 0 Å². The first-order chi connectivity index (χ1) is 9.96. The zero-order chi connectivity index (χ0) is 15.7. The number of nitrogens with one attached hydrogen (secondary N) is 1. The average Bonchev–Trinajstić information content (AvgIpc) is 2.44. The minimum atomic E-state index is -0.114. The van der Waals surface area contributed by atoms with E-state index in [9.17, 15) is 0 Å². The maximum Gasteiger partial charge on any atom is 0.119 e. The van der Waals surface area contributed by atoms with E-state index >= 15 is 0 Å². The molecule has 21 heavy (non-hydrogen) atoms. The van der Waals surface area contributed by atoms with E-state index < -0.39 is 0 Å². The molecule has 0 fully saturated rings. The van der Waals surface area contributed by atoms with Crippen LogP contribution in [0.25, 0.3) is 0 Å². The molecule has 1 atom stereocenters. The predicted octanol–water partition coefficient (Wildman–Crippen LogP) is 3.18. The second-order valence-electron chi connectivity index (χ2n) is 5.92. The van der Waals surface area contributed by atoms with E-state index in [1.165, 1.54) is 5.56 Å². The number of ether oxygens (including phenoxy) is 3. The molecule has 0 saturated heterocycles. The van der Waals surface area contributed by atoms with Gasteiger partial charge in [0.05, 0.1) is 38.6 Å². The highest BCUT2D eigenvalue weighted by Crippen LogP contribution is 2.19. The first-order valence-corrected chi connectivity index (χ1v) is 7.55. The number of hydrogen-bond donors (Lipinski definition) is 1. The van der Waals surface area contributed by atoms with Crippen molar-refractivity contribution in [1.82, 2.24) is 5.32 Å². The molecule has 120 valence electrons. The van der Waals surface area contributed by atoms with Crippen LogP contribution in [0.4, 0.5) is 0 Å². The van der Waals surface area contributed by atoms with Crippen molar-refractivity contribution in [3.63, 3.8) is 0 Å². The Kier molecular flexibility index (Phi) is 7.72. The molecule has 4 heteroatoms. The first kappa shape index (κ1) is 18.0. The van der Waals surface area contributed by atoms with E-state index in [-0.39, 0.29) is 11.6 Å². The van der Waals surface area contributed by atoms with Crippen LogP contribution >= 0.6 is 0 Å². The van der Waals surface area contributed by atoms with Crippen LogP contribution in [-0.2, 0) is 9.47 Å². The summed E-state index contributed by atoms with van der Waals surface area (Å²) in [5.74, 6) is 0.867. The maximum absolute atomic E-state index is 5.74. The highest BCUT2D eigenvalue weighted by Gasteiger charge is 2.12. The second kappa shape index (κ2) is 9.03. The third-order valence-corrected chi connectivity index (χ3v) is 2.99. The Morgan fingerprint density at radius 2 is 1.95 bits per heavy atom. The Morgan fingerprint density at radius 3 is 2.57 bits per heavy atom. The Labute approximate surface area is 128 Å². The number of hydrogen-bond acceptors (Lipinski definition) is 4. The molecule has 0 aromatic heterocycles. The zero-order valence-electron chi connectivity index (χ0n) is 13.9. The van der Waals surface area contributed by atoms with Gasteiger partial charge in [-0.15, -0.1) is 0 Å². The summed E-state index contributed by atoms with van der Waals surface area (Å²) in [5, 5.41) is 3.44. The Bertz CT molecular complexity index is 401. The molecule has 1 rings (SSSR count). The fourth-order valence-electron chi connectivity index (χ4n) is 1.99. The van der Waals surface area contributed by atoms with Crippen LogP contribution in [-0.4, -0.2) is 39.1 Å². The summed E-state index contributed by atoms with van der Waals surface area (Å²) in [5.41, 5.74) is 1.06. The van der Waals surface area contributed by atoms with Gasteiger partial charge in [0.15, 0.2) is 0 Å². The standard InChI is InChI=1S/C17H29NO3/c1-6-18-16(13-20-10-11-21-17(2,3)4)14-8-7-9-15(12-14)19-5/h7-9,12,16,18H,6,10-11,13H2,1-5H3. The first-order valence-electron chi connectivity index (χ1n) is 7.55. The van der Waals surface area contributed by atoms with Gasteiger partial charge in [0.2, 0.25) is 0 Å². The molecule has 1 aromatic carbocycles. The summed E-state index contributed by atoms with van der Waals surface area (Å²) < 4.78 is 16.7. The van der Waals surface area contributed by atoms with E-state index in [1.807, 2.05) is 39.0 Å². The van der Waals surface area contributed by atoms with E-state index in [0.717, 1.165) is 12.3 Å². The van der Waals surface area contributed by atoms with Crippen molar-refractivity contribution in [2.75, 3.05) is 33.5 Å². The number of likely N-dealkylation sites (N-methyl/N-ethyl adjacent to an activating group) is 1. The van der Waals surface area contributed by atoms with Crippen molar-refractivity contribution in [3.05, 3.63) is 29.8 Å². The highest BCUT2D eigenvalue weighted by atomic mass is 16.5. The minimum Gasteiger partial charge on any atom is -0.497 e. The van der Waals surface area contributed by atoms with Crippen LogP contribution in [0, 0.1) is 0 Å². The quantitative estimate of drug-likeness (QED) is 0.710. The fourth-order valence-corrected chi connectivity index (χ4v) is 1.99. The van der Waals surface area contributed by atoms with Gasteiger partial charge in [-0.3, -0.25) is 0 Å². The zero-order valence-corrected chi connectivity index (χ0v) is 13.9. The van der Waals surface area contributed by atoms with Crippen molar-refractivity contribution < 1.29 is 14.2 Å². The molecule has 1 unspecified atom stereocenters. The molecule has 0 aliphatic heterocycles. The third kappa shape index (κ3) is 7.46. The average molecular weight is 295 g/mol. The smallest absolute Gasteiger partial charge is 0.119 e.